The Balaban J connectivity index is 3.74. The highest BCUT2D eigenvalue weighted by Crippen LogP contribution is 2.12. The summed E-state index contributed by atoms with van der Waals surface area (Å²) in [7, 11) is 0. The summed E-state index contributed by atoms with van der Waals surface area (Å²) in [5, 5.41) is 22.7. The van der Waals surface area contributed by atoms with E-state index in [-0.39, 0.29) is 12.5 Å². The molecular formula is C32H61NO3. The quantitative estimate of drug-likeness (QED) is 0.0770. The van der Waals surface area contributed by atoms with Crippen LogP contribution in [0.25, 0.3) is 0 Å². The summed E-state index contributed by atoms with van der Waals surface area (Å²) in [6, 6.07) is -0.630. The van der Waals surface area contributed by atoms with Crippen molar-refractivity contribution in [3.8, 4) is 0 Å². The Morgan fingerprint density at radius 2 is 1.08 bits per heavy atom. The average molecular weight is 508 g/mol. The monoisotopic (exact) mass is 507 g/mol. The third-order valence-corrected chi connectivity index (χ3v) is 6.94. The van der Waals surface area contributed by atoms with Gasteiger partial charge >= 0.3 is 0 Å². The van der Waals surface area contributed by atoms with E-state index in [0.717, 1.165) is 32.1 Å². The lowest BCUT2D eigenvalue weighted by molar-refractivity contribution is -0.123. The molecule has 0 fully saturated rings. The van der Waals surface area contributed by atoms with Gasteiger partial charge in [0.1, 0.15) is 0 Å². The molecule has 4 nitrogen and oxygen atoms in total. The second kappa shape index (κ2) is 28.4. The highest BCUT2D eigenvalue weighted by atomic mass is 16.3. The van der Waals surface area contributed by atoms with E-state index in [2.05, 4.69) is 31.3 Å². The maximum atomic E-state index is 12.2. The fraction of sp³-hybridized carbons (Fsp3) is 0.844. The van der Waals surface area contributed by atoms with E-state index in [1.807, 2.05) is 6.08 Å². The van der Waals surface area contributed by atoms with Crippen LogP contribution in [0, 0.1) is 0 Å². The molecule has 1 amide bonds. The number of hydrogen-bond donors (Lipinski definition) is 3. The van der Waals surface area contributed by atoms with Gasteiger partial charge in [-0.05, 0) is 32.1 Å². The van der Waals surface area contributed by atoms with Crippen molar-refractivity contribution < 1.29 is 15.0 Å². The lowest BCUT2D eigenvalue weighted by Gasteiger charge is -2.19. The Morgan fingerprint density at radius 3 is 1.61 bits per heavy atom. The van der Waals surface area contributed by atoms with Gasteiger partial charge in [-0.1, -0.05) is 141 Å². The SMILES string of the molecule is CCCCCCCCCC/C=C/CC/C=C/C(O)C(CO)NC(=O)CCCCCCCCCCCC. The molecule has 0 spiro atoms. The maximum absolute atomic E-state index is 12.2. The van der Waals surface area contributed by atoms with Crippen molar-refractivity contribution in [3.63, 3.8) is 0 Å². The lowest BCUT2D eigenvalue weighted by atomic mass is 10.1. The first kappa shape index (κ1) is 34.9. The second-order valence-electron chi connectivity index (χ2n) is 10.5. The van der Waals surface area contributed by atoms with Crippen LogP contribution in [-0.4, -0.2) is 34.9 Å². The first-order chi connectivity index (χ1) is 17.7. The lowest BCUT2D eigenvalue weighted by Crippen LogP contribution is -2.45. The molecule has 36 heavy (non-hydrogen) atoms. The highest BCUT2D eigenvalue weighted by molar-refractivity contribution is 5.76. The molecule has 0 radical (unpaired) electrons. The summed E-state index contributed by atoms with van der Waals surface area (Å²) >= 11 is 0. The molecule has 0 aliphatic carbocycles. The Labute approximate surface area is 224 Å². The van der Waals surface area contributed by atoms with Gasteiger partial charge in [0.25, 0.3) is 0 Å². The standard InChI is InChI=1S/C32H61NO3/c1-3-5-7-9-11-13-15-16-17-18-19-21-23-25-27-31(35)30(29-34)33-32(36)28-26-24-22-20-14-12-10-8-6-4-2/h18-19,25,27,30-31,34-35H,3-17,20-24,26,28-29H2,1-2H3,(H,33,36)/b19-18+,27-25+. The molecular weight excluding hydrogens is 446 g/mol. The van der Waals surface area contributed by atoms with Crippen LogP contribution in [0.15, 0.2) is 24.3 Å². The minimum absolute atomic E-state index is 0.0787. The Bertz CT molecular complexity index is 518. The summed E-state index contributed by atoms with van der Waals surface area (Å²) in [6.07, 6.45) is 33.9. The molecule has 2 unspecified atom stereocenters. The number of nitrogens with one attached hydrogen (secondary N) is 1. The maximum Gasteiger partial charge on any atom is 0.220 e. The number of unbranched alkanes of at least 4 members (excludes halogenated alkanes) is 18. The van der Waals surface area contributed by atoms with Gasteiger partial charge in [-0.3, -0.25) is 4.79 Å². The fourth-order valence-corrected chi connectivity index (χ4v) is 4.48. The van der Waals surface area contributed by atoms with Crippen molar-refractivity contribution in [2.75, 3.05) is 6.61 Å². The topological polar surface area (TPSA) is 69.6 Å². The van der Waals surface area contributed by atoms with Crippen LogP contribution in [-0.2, 0) is 4.79 Å². The Hall–Kier alpha value is -1.13. The van der Waals surface area contributed by atoms with Crippen molar-refractivity contribution in [1.82, 2.24) is 5.32 Å². The number of allylic oxidation sites excluding steroid dienone is 3. The van der Waals surface area contributed by atoms with E-state index in [1.54, 1.807) is 6.08 Å². The molecule has 212 valence electrons. The molecule has 0 heterocycles. The van der Waals surface area contributed by atoms with E-state index >= 15 is 0 Å². The molecule has 0 bridgehead atoms. The van der Waals surface area contributed by atoms with Crippen LogP contribution < -0.4 is 5.32 Å². The minimum atomic E-state index is -0.854. The first-order valence-electron chi connectivity index (χ1n) is 15.6. The van der Waals surface area contributed by atoms with E-state index in [0.29, 0.717) is 6.42 Å². The molecule has 0 aromatic rings. The van der Waals surface area contributed by atoms with E-state index < -0.39 is 12.1 Å². The van der Waals surface area contributed by atoms with Gasteiger partial charge in [0.15, 0.2) is 0 Å². The van der Waals surface area contributed by atoms with Crippen LogP contribution in [0.4, 0.5) is 0 Å². The fourth-order valence-electron chi connectivity index (χ4n) is 4.48. The number of hydrogen-bond acceptors (Lipinski definition) is 3. The van der Waals surface area contributed by atoms with E-state index in [4.69, 9.17) is 0 Å². The normalized spacial score (nSPS) is 13.6. The van der Waals surface area contributed by atoms with Gasteiger partial charge < -0.3 is 15.5 Å². The predicted octanol–water partition coefficient (Wildman–Crippen LogP) is 8.56. The molecule has 0 aliphatic rings. The number of aliphatic hydroxyl groups excluding tert-OH is 2. The zero-order chi connectivity index (χ0) is 26.5. The summed E-state index contributed by atoms with van der Waals surface area (Å²) in [5.74, 6) is -0.0787. The summed E-state index contributed by atoms with van der Waals surface area (Å²) in [5.41, 5.74) is 0. The van der Waals surface area contributed by atoms with Crippen molar-refractivity contribution in [2.24, 2.45) is 0 Å². The third kappa shape index (κ3) is 24.6. The number of carbonyl (C=O) groups is 1. The highest BCUT2D eigenvalue weighted by Gasteiger charge is 2.17. The van der Waals surface area contributed by atoms with Gasteiger partial charge in [0.2, 0.25) is 5.91 Å². The predicted molar refractivity (Wildman–Crippen MR) is 156 cm³/mol. The van der Waals surface area contributed by atoms with Crippen LogP contribution in [0.3, 0.4) is 0 Å². The molecule has 4 heteroatoms. The molecule has 0 saturated heterocycles. The summed E-state index contributed by atoms with van der Waals surface area (Å²) in [4.78, 5) is 12.2. The minimum Gasteiger partial charge on any atom is -0.394 e. The summed E-state index contributed by atoms with van der Waals surface area (Å²) < 4.78 is 0. The van der Waals surface area contributed by atoms with Crippen LogP contribution in [0.1, 0.15) is 155 Å². The average Bonchev–Trinajstić information content (AvgIpc) is 2.88. The van der Waals surface area contributed by atoms with E-state index in [9.17, 15) is 15.0 Å². The van der Waals surface area contributed by atoms with Crippen LogP contribution in [0.5, 0.6) is 0 Å². The van der Waals surface area contributed by atoms with Crippen molar-refractivity contribution in [3.05, 3.63) is 24.3 Å². The molecule has 3 N–H and O–H groups in total. The largest absolute Gasteiger partial charge is 0.394 e. The zero-order valence-corrected chi connectivity index (χ0v) is 24.0. The zero-order valence-electron chi connectivity index (χ0n) is 24.0. The molecule has 0 aromatic heterocycles. The van der Waals surface area contributed by atoms with Crippen LogP contribution in [0.2, 0.25) is 0 Å². The molecule has 0 aromatic carbocycles. The van der Waals surface area contributed by atoms with E-state index in [1.165, 1.54) is 103 Å². The molecule has 2 atom stereocenters. The van der Waals surface area contributed by atoms with Crippen molar-refractivity contribution >= 4 is 5.91 Å². The van der Waals surface area contributed by atoms with Gasteiger partial charge in [-0.2, -0.15) is 0 Å². The summed E-state index contributed by atoms with van der Waals surface area (Å²) in [6.45, 7) is 4.25. The smallest absolute Gasteiger partial charge is 0.220 e. The van der Waals surface area contributed by atoms with Gasteiger partial charge in [-0.15, -0.1) is 0 Å². The third-order valence-electron chi connectivity index (χ3n) is 6.94. The number of carbonyl (C=O) groups excluding carboxylic acids is 1. The van der Waals surface area contributed by atoms with Crippen molar-refractivity contribution in [1.29, 1.82) is 0 Å². The number of amides is 1. The second-order valence-corrected chi connectivity index (χ2v) is 10.5. The molecule has 0 aliphatic heterocycles. The van der Waals surface area contributed by atoms with Crippen LogP contribution >= 0.6 is 0 Å². The van der Waals surface area contributed by atoms with Gasteiger partial charge in [-0.25, -0.2) is 0 Å². The van der Waals surface area contributed by atoms with Gasteiger partial charge in [0.05, 0.1) is 18.8 Å². The molecule has 0 rings (SSSR count). The Kier molecular flexibility index (Phi) is 27.5. The number of aliphatic hydroxyl groups is 2. The van der Waals surface area contributed by atoms with Crippen molar-refractivity contribution in [2.45, 2.75) is 167 Å². The number of rotatable bonds is 27. The van der Waals surface area contributed by atoms with Gasteiger partial charge in [0, 0.05) is 6.42 Å². The molecule has 0 saturated carbocycles. The first-order valence-corrected chi connectivity index (χ1v) is 15.6. The Morgan fingerprint density at radius 1 is 0.639 bits per heavy atom.